The average Bonchev–Trinajstić information content (AvgIpc) is 2.45. The van der Waals surface area contributed by atoms with E-state index in [1.165, 1.54) is 5.56 Å². The number of thiophene rings is 1. The first-order valence-electron chi connectivity index (χ1n) is 4.68. The standard InChI is InChI=1S/C10H16BrN3S.HI/c1-10(2,3)14-9(12)13-5-7-4-8(11)15-6-7;/h4,6H,5H2,1-3H3,(H3,12,13,14);1H. The molecule has 0 amide bonds. The van der Waals surface area contributed by atoms with Gasteiger partial charge in [-0.2, -0.15) is 0 Å². The second kappa shape index (κ2) is 6.80. The van der Waals surface area contributed by atoms with Crippen LogP contribution in [0.25, 0.3) is 0 Å². The molecule has 0 saturated carbocycles. The molecular weight excluding hydrogens is 401 g/mol. The first kappa shape index (κ1) is 16.2. The maximum atomic E-state index is 5.75. The maximum Gasteiger partial charge on any atom is 0.189 e. The lowest BCUT2D eigenvalue weighted by atomic mass is 10.1. The number of aliphatic imine (C=N–C) groups is 1. The first-order chi connectivity index (χ1) is 6.87. The largest absolute Gasteiger partial charge is 0.370 e. The van der Waals surface area contributed by atoms with E-state index < -0.39 is 0 Å². The molecule has 0 aliphatic heterocycles. The Kier molecular flexibility index (Phi) is 6.88. The number of nitrogens with one attached hydrogen (secondary N) is 1. The van der Waals surface area contributed by atoms with Crippen LogP contribution in [-0.2, 0) is 6.54 Å². The summed E-state index contributed by atoms with van der Waals surface area (Å²) in [6.45, 7) is 6.78. The monoisotopic (exact) mass is 417 g/mol. The van der Waals surface area contributed by atoms with Gasteiger partial charge in [0.1, 0.15) is 0 Å². The van der Waals surface area contributed by atoms with Crippen LogP contribution in [-0.4, -0.2) is 11.5 Å². The van der Waals surface area contributed by atoms with E-state index in [2.05, 4.69) is 58.5 Å². The topological polar surface area (TPSA) is 50.4 Å². The van der Waals surface area contributed by atoms with Crippen molar-refractivity contribution in [3.8, 4) is 0 Å². The number of hydrogen-bond acceptors (Lipinski definition) is 2. The first-order valence-corrected chi connectivity index (χ1v) is 6.35. The van der Waals surface area contributed by atoms with Crippen molar-refractivity contribution in [3.63, 3.8) is 0 Å². The molecule has 0 aromatic carbocycles. The molecule has 1 aromatic rings. The number of guanidine groups is 1. The molecule has 0 bridgehead atoms. The van der Waals surface area contributed by atoms with Crippen molar-refractivity contribution < 1.29 is 0 Å². The number of hydrogen-bond donors (Lipinski definition) is 2. The van der Waals surface area contributed by atoms with Crippen molar-refractivity contribution in [2.75, 3.05) is 0 Å². The van der Waals surface area contributed by atoms with Gasteiger partial charge in [0, 0.05) is 5.54 Å². The maximum absolute atomic E-state index is 5.75. The molecule has 92 valence electrons. The minimum absolute atomic E-state index is 0. The third-order valence-corrected chi connectivity index (χ3v) is 3.11. The van der Waals surface area contributed by atoms with Gasteiger partial charge in [-0.05, 0) is 53.7 Å². The van der Waals surface area contributed by atoms with Crippen LogP contribution in [0.5, 0.6) is 0 Å². The van der Waals surface area contributed by atoms with Crippen LogP contribution >= 0.6 is 51.2 Å². The molecule has 0 unspecified atom stereocenters. The number of halogens is 2. The van der Waals surface area contributed by atoms with Gasteiger partial charge in [0.15, 0.2) is 5.96 Å². The Morgan fingerprint density at radius 1 is 1.56 bits per heavy atom. The van der Waals surface area contributed by atoms with E-state index in [0.717, 1.165) is 3.79 Å². The molecule has 0 atom stereocenters. The van der Waals surface area contributed by atoms with E-state index in [1.54, 1.807) is 11.3 Å². The Labute approximate surface area is 126 Å². The fourth-order valence-electron chi connectivity index (χ4n) is 1.03. The van der Waals surface area contributed by atoms with E-state index in [9.17, 15) is 0 Å². The summed E-state index contributed by atoms with van der Waals surface area (Å²) in [5.74, 6) is 0.491. The fraction of sp³-hybridized carbons (Fsp3) is 0.500. The van der Waals surface area contributed by atoms with Crippen molar-refractivity contribution >= 4 is 57.2 Å². The third kappa shape index (κ3) is 6.70. The zero-order valence-corrected chi connectivity index (χ0v) is 14.3. The minimum atomic E-state index is -0.0389. The third-order valence-electron chi connectivity index (χ3n) is 1.56. The summed E-state index contributed by atoms with van der Waals surface area (Å²) in [6, 6.07) is 2.05. The highest BCUT2D eigenvalue weighted by molar-refractivity contribution is 14.0. The van der Waals surface area contributed by atoms with Gasteiger partial charge in [-0.1, -0.05) is 0 Å². The van der Waals surface area contributed by atoms with Crippen molar-refractivity contribution in [2.45, 2.75) is 32.9 Å². The molecular formula is C10H17BrIN3S. The molecule has 0 radical (unpaired) electrons. The Balaban J connectivity index is 0.00000225. The summed E-state index contributed by atoms with van der Waals surface area (Å²) in [5, 5.41) is 5.18. The summed E-state index contributed by atoms with van der Waals surface area (Å²) >= 11 is 5.07. The molecule has 6 heteroatoms. The summed E-state index contributed by atoms with van der Waals surface area (Å²) in [6.07, 6.45) is 0. The number of nitrogens with two attached hydrogens (primary N) is 1. The van der Waals surface area contributed by atoms with Gasteiger partial charge in [0.25, 0.3) is 0 Å². The molecule has 1 aromatic heterocycles. The molecule has 16 heavy (non-hydrogen) atoms. The van der Waals surface area contributed by atoms with E-state index >= 15 is 0 Å². The van der Waals surface area contributed by atoms with Crippen LogP contribution in [0.2, 0.25) is 0 Å². The Morgan fingerprint density at radius 3 is 2.62 bits per heavy atom. The molecule has 1 rings (SSSR count). The molecule has 0 aliphatic rings. The van der Waals surface area contributed by atoms with Gasteiger partial charge in [-0.15, -0.1) is 35.3 Å². The fourth-order valence-corrected chi connectivity index (χ4v) is 2.23. The predicted octanol–water partition coefficient (Wildman–Crippen LogP) is 3.33. The van der Waals surface area contributed by atoms with Gasteiger partial charge >= 0.3 is 0 Å². The Morgan fingerprint density at radius 2 is 2.19 bits per heavy atom. The molecule has 3 N–H and O–H groups in total. The van der Waals surface area contributed by atoms with Crippen molar-refractivity contribution in [2.24, 2.45) is 10.7 Å². The van der Waals surface area contributed by atoms with Crippen molar-refractivity contribution in [3.05, 3.63) is 20.8 Å². The molecule has 0 aliphatic carbocycles. The minimum Gasteiger partial charge on any atom is -0.370 e. The Bertz CT molecular complexity index is 357. The lowest BCUT2D eigenvalue weighted by molar-refractivity contribution is 0.508. The van der Waals surface area contributed by atoms with E-state index in [-0.39, 0.29) is 29.5 Å². The smallest absolute Gasteiger partial charge is 0.189 e. The second-order valence-electron chi connectivity index (χ2n) is 4.34. The SMILES string of the molecule is CC(C)(C)NC(N)=NCc1csc(Br)c1.I. The van der Waals surface area contributed by atoms with E-state index in [1.807, 2.05) is 0 Å². The highest BCUT2D eigenvalue weighted by Gasteiger charge is 2.09. The zero-order chi connectivity index (χ0) is 11.5. The number of nitrogens with zero attached hydrogens (tertiary/aromatic N) is 1. The molecule has 0 fully saturated rings. The lowest BCUT2D eigenvalue weighted by Gasteiger charge is -2.20. The summed E-state index contributed by atoms with van der Waals surface area (Å²) in [5.41, 5.74) is 6.88. The lowest BCUT2D eigenvalue weighted by Crippen LogP contribution is -2.44. The van der Waals surface area contributed by atoms with Crippen LogP contribution in [0.4, 0.5) is 0 Å². The van der Waals surface area contributed by atoms with Gasteiger partial charge in [-0.25, -0.2) is 4.99 Å². The van der Waals surface area contributed by atoms with Gasteiger partial charge in [0.2, 0.25) is 0 Å². The molecule has 0 saturated heterocycles. The highest BCUT2D eigenvalue weighted by Crippen LogP contribution is 2.20. The van der Waals surface area contributed by atoms with Crippen LogP contribution < -0.4 is 11.1 Å². The van der Waals surface area contributed by atoms with E-state index in [0.29, 0.717) is 12.5 Å². The molecule has 0 spiro atoms. The zero-order valence-electron chi connectivity index (χ0n) is 9.58. The predicted molar refractivity (Wildman–Crippen MR) is 85.6 cm³/mol. The van der Waals surface area contributed by atoms with E-state index in [4.69, 9.17) is 5.73 Å². The number of rotatable bonds is 2. The summed E-state index contributed by atoms with van der Waals surface area (Å²) in [7, 11) is 0. The van der Waals surface area contributed by atoms with Crippen LogP contribution in [0.3, 0.4) is 0 Å². The van der Waals surface area contributed by atoms with Crippen molar-refractivity contribution in [1.29, 1.82) is 0 Å². The Hall–Kier alpha value is 0.180. The summed E-state index contributed by atoms with van der Waals surface area (Å²) in [4.78, 5) is 4.26. The van der Waals surface area contributed by atoms with Crippen LogP contribution in [0, 0.1) is 0 Å². The molecule has 1 heterocycles. The molecule has 3 nitrogen and oxygen atoms in total. The highest BCUT2D eigenvalue weighted by atomic mass is 127. The van der Waals surface area contributed by atoms with Gasteiger partial charge in [-0.3, -0.25) is 0 Å². The quantitative estimate of drug-likeness (QED) is 0.440. The van der Waals surface area contributed by atoms with Crippen LogP contribution in [0.15, 0.2) is 20.2 Å². The van der Waals surface area contributed by atoms with Crippen molar-refractivity contribution in [1.82, 2.24) is 5.32 Å². The second-order valence-corrected chi connectivity index (χ2v) is 6.63. The van der Waals surface area contributed by atoms with Gasteiger partial charge in [0.05, 0.1) is 10.3 Å². The van der Waals surface area contributed by atoms with Gasteiger partial charge < -0.3 is 11.1 Å². The summed E-state index contributed by atoms with van der Waals surface area (Å²) < 4.78 is 1.12. The average molecular weight is 418 g/mol. The normalized spacial score (nSPS) is 12.1. The van der Waals surface area contributed by atoms with Crippen LogP contribution in [0.1, 0.15) is 26.3 Å².